The molecule has 0 aliphatic carbocycles. The highest BCUT2D eigenvalue weighted by Gasteiger charge is 2.32. The van der Waals surface area contributed by atoms with E-state index in [1.807, 2.05) is 24.3 Å². The monoisotopic (exact) mass is 440 g/mol. The lowest BCUT2D eigenvalue weighted by atomic mass is 9.97. The van der Waals surface area contributed by atoms with E-state index in [2.05, 4.69) is 71.0 Å². The zero-order valence-electron chi connectivity index (χ0n) is 18.3. The molecule has 0 bridgehead atoms. The van der Waals surface area contributed by atoms with E-state index in [-0.39, 0.29) is 12.1 Å². The van der Waals surface area contributed by atoms with Crippen molar-refractivity contribution >= 4 is 23.0 Å². The fourth-order valence-electron chi connectivity index (χ4n) is 4.37. The Bertz CT molecular complexity index is 1170. The molecule has 0 aromatic heterocycles. The number of piperazine rings is 1. The van der Waals surface area contributed by atoms with E-state index < -0.39 is 0 Å². The fraction of sp³-hybridized carbons (Fsp3) is 0.259. The lowest BCUT2D eigenvalue weighted by Gasteiger charge is -2.45. The number of halogens is 1. The number of nitriles is 1. The number of nitrogens with zero attached hydrogens (tertiary/aromatic N) is 4. The fourth-order valence-corrected chi connectivity index (χ4v) is 4.65. The Morgan fingerprint density at radius 1 is 1.06 bits per heavy atom. The van der Waals surface area contributed by atoms with Crippen molar-refractivity contribution in [1.29, 1.82) is 5.26 Å². The molecule has 0 saturated carbocycles. The third-order valence-electron chi connectivity index (χ3n) is 6.31. The zero-order chi connectivity index (χ0) is 22.7. The Morgan fingerprint density at radius 2 is 1.78 bits per heavy atom. The van der Waals surface area contributed by atoms with Crippen LogP contribution in [0.4, 0.5) is 11.4 Å². The number of rotatable bonds is 4. The van der Waals surface area contributed by atoms with Crippen LogP contribution in [0.2, 0.25) is 5.02 Å². The van der Waals surface area contributed by atoms with Crippen molar-refractivity contribution in [3.63, 3.8) is 0 Å². The van der Waals surface area contributed by atoms with Gasteiger partial charge in [0.1, 0.15) is 0 Å². The summed E-state index contributed by atoms with van der Waals surface area (Å²) >= 11 is 6.61. The average molecular weight is 441 g/mol. The van der Waals surface area contributed by atoms with Crippen LogP contribution in [0.15, 0.2) is 66.7 Å². The molecule has 1 aliphatic rings. The topological polar surface area (TPSA) is 34.6 Å². The van der Waals surface area contributed by atoms with Crippen LogP contribution in [0.1, 0.15) is 41.3 Å². The number of hydrogen-bond donors (Lipinski definition) is 0. The number of anilines is 1. The van der Waals surface area contributed by atoms with E-state index in [0.717, 1.165) is 25.3 Å². The largest absolute Gasteiger partial charge is 0.361 e. The summed E-state index contributed by atoms with van der Waals surface area (Å²) in [7, 11) is 0. The molecule has 5 heteroatoms. The highest BCUT2D eigenvalue weighted by atomic mass is 35.5. The minimum atomic E-state index is 0.139. The van der Waals surface area contributed by atoms with Crippen LogP contribution < -0.4 is 4.90 Å². The van der Waals surface area contributed by atoms with Crippen LogP contribution in [0, 0.1) is 24.8 Å². The Balaban J connectivity index is 1.65. The molecule has 2 atom stereocenters. The summed E-state index contributed by atoms with van der Waals surface area (Å²) in [6.45, 7) is 14.1. The minimum absolute atomic E-state index is 0.139. The van der Waals surface area contributed by atoms with Gasteiger partial charge in [-0.2, -0.15) is 5.26 Å². The van der Waals surface area contributed by atoms with Crippen molar-refractivity contribution in [2.75, 3.05) is 24.5 Å². The predicted molar refractivity (Wildman–Crippen MR) is 130 cm³/mol. The summed E-state index contributed by atoms with van der Waals surface area (Å²) in [5, 5.41) is 9.82. The Kier molecular flexibility index (Phi) is 6.47. The van der Waals surface area contributed by atoms with Gasteiger partial charge in [-0.3, -0.25) is 4.90 Å². The van der Waals surface area contributed by atoms with Gasteiger partial charge >= 0.3 is 0 Å². The van der Waals surface area contributed by atoms with Gasteiger partial charge in [-0.1, -0.05) is 65.7 Å². The van der Waals surface area contributed by atoms with Crippen molar-refractivity contribution < 1.29 is 0 Å². The van der Waals surface area contributed by atoms with Crippen molar-refractivity contribution in [3.8, 4) is 6.07 Å². The lowest BCUT2D eigenvalue weighted by molar-refractivity contribution is 0.171. The maximum atomic E-state index is 9.21. The second-order valence-corrected chi connectivity index (χ2v) is 8.68. The number of aryl methyl sites for hydroxylation is 1. The van der Waals surface area contributed by atoms with E-state index in [9.17, 15) is 5.26 Å². The molecule has 0 unspecified atom stereocenters. The van der Waals surface area contributed by atoms with Gasteiger partial charge in [-0.05, 0) is 43.2 Å². The average Bonchev–Trinajstić information content (AvgIpc) is 2.84. The molecule has 160 valence electrons. The second-order valence-electron chi connectivity index (χ2n) is 8.27. The molecular formula is C27H25ClN4. The van der Waals surface area contributed by atoms with E-state index >= 15 is 0 Å². The smallest absolute Gasteiger partial charge is 0.187 e. The summed E-state index contributed by atoms with van der Waals surface area (Å²) in [4.78, 5) is 8.36. The summed E-state index contributed by atoms with van der Waals surface area (Å²) in [6.07, 6.45) is 0. The normalized spacial score (nSPS) is 17.4. The van der Waals surface area contributed by atoms with Crippen LogP contribution in [-0.4, -0.2) is 24.5 Å². The van der Waals surface area contributed by atoms with Crippen molar-refractivity contribution in [2.45, 2.75) is 25.9 Å². The highest BCUT2D eigenvalue weighted by molar-refractivity contribution is 6.33. The molecule has 1 fully saturated rings. The van der Waals surface area contributed by atoms with Crippen molar-refractivity contribution in [2.24, 2.45) is 0 Å². The molecule has 3 aromatic carbocycles. The van der Waals surface area contributed by atoms with Crippen molar-refractivity contribution in [3.05, 3.63) is 105 Å². The summed E-state index contributed by atoms with van der Waals surface area (Å²) in [5.74, 6) is 0. The van der Waals surface area contributed by atoms with Gasteiger partial charge in [0.25, 0.3) is 0 Å². The second kappa shape index (κ2) is 9.45. The first-order valence-electron chi connectivity index (χ1n) is 10.7. The molecule has 0 spiro atoms. The van der Waals surface area contributed by atoms with Crippen LogP contribution >= 0.6 is 11.6 Å². The summed E-state index contributed by atoms with van der Waals surface area (Å²) < 4.78 is 0. The standard InChI is InChI=1S/C27H25ClN4/c1-19-4-7-23(8-5-19)27-18-31(20(2)22-9-11-24(30-3)12-10-22)14-15-32(27)26-13-6-21(17-29)16-25(26)28/h4-13,16,20,27H,14-15,18H2,1-2H3/t20-,27+/m1/s1. The molecule has 4 nitrogen and oxygen atoms in total. The van der Waals surface area contributed by atoms with Gasteiger partial charge in [-0.25, -0.2) is 4.85 Å². The molecule has 1 aliphatic heterocycles. The van der Waals surface area contributed by atoms with Crippen LogP contribution in [0.25, 0.3) is 4.85 Å². The molecular weight excluding hydrogens is 416 g/mol. The lowest BCUT2D eigenvalue weighted by Crippen LogP contribution is -2.49. The van der Waals surface area contributed by atoms with Crippen LogP contribution in [-0.2, 0) is 0 Å². The first-order chi connectivity index (χ1) is 15.5. The van der Waals surface area contributed by atoms with Gasteiger partial charge in [-0.15, -0.1) is 0 Å². The van der Waals surface area contributed by atoms with Gasteiger partial charge in [0.2, 0.25) is 0 Å². The van der Waals surface area contributed by atoms with E-state index in [1.165, 1.54) is 16.7 Å². The van der Waals surface area contributed by atoms with E-state index in [4.69, 9.17) is 18.2 Å². The number of benzene rings is 3. The molecule has 32 heavy (non-hydrogen) atoms. The maximum Gasteiger partial charge on any atom is 0.187 e. The van der Waals surface area contributed by atoms with Crippen LogP contribution in [0.5, 0.6) is 0 Å². The Morgan fingerprint density at radius 3 is 2.41 bits per heavy atom. The summed E-state index contributed by atoms with van der Waals surface area (Å²) in [5.41, 5.74) is 5.89. The minimum Gasteiger partial charge on any atom is -0.361 e. The molecule has 1 saturated heterocycles. The number of hydrogen-bond acceptors (Lipinski definition) is 3. The summed E-state index contributed by atoms with van der Waals surface area (Å²) in [6, 6.07) is 24.7. The van der Waals surface area contributed by atoms with Gasteiger partial charge in [0.05, 0.1) is 35.0 Å². The van der Waals surface area contributed by atoms with Gasteiger partial charge in [0.15, 0.2) is 5.69 Å². The SMILES string of the molecule is [C-]#[N+]c1ccc([C@@H](C)N2CCN(c3ccc(C#N)cc3Cl)[C@H](c3ccc(C)cc3)C2)cc1. The van der Waals surface area contributed by atoms with Gasteiger partial charge in [0, 0.05) is 25.7 Å². The first-order valence-corrected chi connectivity index (χ1v) is 11.1. The maximum absolute atomic E-state index is 9.21. The molecule has 0 radical (unpaired) electrons. The van der Waals surface area contributed by atoms with E-state index in [0.29, 0.717) is 16.3 Å². The molecule has 0 N–H and O–H groups in total. The Hall–Kier alpha value is -3.31. The Labute approximate surface area is 195 Å². The molecule has 4 rings (SSSR count). The predicted octanol–water partition coefficient (Wildman–Crippen LogP) is 6.70. The van der Waals surface area contributed by atoms with Crippen molar-refractivity contribution in [1.82, 2.24) is 4.90 Å². The third kappa shape index (κ3) is 4.48. The zero-order valence-corrected chi connectivity index (χ0v) is 19.0. The molecule has 0 amide bonds. The molecule has 1 heterocycles. The van der Waals surface area contributed by atoms with E-state index in [1.54, 1.807) is 6.07 Å². The van der Waals surface area contributed by atoms with Gasteiger partial charge < -0.3 is 4.90 Å². The first kappa shape index (κ1) is 21.9. The third-order valence-corrected chi connectivity index (χ3v) is 6.62. The van der Waals surface area contributed by atoms with Crippen LogP contribution in [0.3, 0.4) is 0 Å². The molecule has 3 aromatic rings. The quantitative estimate of drug-likeness (QED) is 0.423. The highest BCUT2D eigenvalue weighted by Crippen LogP contribution is 2.38.